The number of carboxylic acid groups (broad SMARTS) is 1. The van der Waals surface area contributed by atoms with E-state index in [0.29, 0.717) is 17.9 Å². The first-order valence-corrected chi connectivity index (χ1v) is 12.1. The molecule has 4 N–H and O–H groups in total. The number of anilines is 1. The summed E-state index contributed by atoms with van der Waals surface area (Å²) in [6, 6.07) is 2.89. The number of rotatable bonds is 8. The highest BCUT2D eigenvalue weighted by atomic mass is 32.2. The zero-order valence-electron chi connectivity index (χ0n) is 18.3. The fourth-order valence-corrected chi connectivity index (χ4v) is 5.40. The van der Waals surface area contributed by atoms with Crippen molar-refractivity contribution in [3.8, 4) is 0 Å². The van der Waals surface area contributed by atoms with Crippen molar-refractivity contribution >= 4 is 51.9 Å². The van der Waals surface area contributed by atoms with Gasteiger partial charge in [-0.2, -0.15) is 9.36 Å². The fourth-order valence-electron chi connectivity index (χ4n) is 3.63. The van der Waals surface area contributed by atoms with Crippen molar-refractivity contribution in [3.63, 3.8) is 0 Å². The Balaban J connectivity index is 1.53. The lowest BCUT2D eigenvalue weighted by Gasteiger charge is -2.49. The normalized spacial score (nSPS) is 20.0. The molecule has 0 spiro atoms. The van der Waals surface area contributed by atoms with E-state index in [1.807, 2.05) is 36.0 Å². The summed E-state index contributed by atoms with van der Waals surface area (Å²) in [6.45, 7) is 4.19. The summed E-state index contributed by atoms with van der Waals surface area (Å²) < 4.78 is 5.85. The number of carboxylic acids is 1. The number of nitrogen functional groups attached to an aromatic ring is 1. The minimum absolute atomic E-state index is 0.0167. The van der Waals surface area contributed by atoms with Gasteiger partial charge >= 0.3 is 5.97 Å². The van der Waals surface area contributed by atoms with Gasteiger partial charge in [0, 0.05) is 34.5 Å². The van der Waals surface area contributed by atoms with E-state index in [0.717, 1.165) is 17.1 Å². The molecule has 178 valence electrons. The lowest BCUT2D eigenvalue weighted by Crippen LogP contribution is -2.71. The molecule has 14 heteroatoms. The number of aliphatic carboxylic acids is 1. The third kappa shape index (κ3) is 4.59. The highest BCUT2D eigenvalue weighted by Crippen LogP contribution is 2.40. The number of nitrogens with one attached hydrogen (secondary N) is 1. The Morgan fingerprint density at radius 2 is 2.26 bits per heavy atom. The van der Waals surface area contributed by atoms with Gasteiger partial charge in [0.15, 0.2) is 24.1 Å². The molecule has 2 aromatic heterocycles. The molecule has 4 heterocycles. The number of carbonyl (C=O) groups is 3. The summed E-state index contributed by atoms with van der Waals surface area (Å²) in [4.78, 5) is 48.1. The number of nitrogens with two attached hydrogens (primary N) is 1. The molecule has 0 saturated carbocycles. The third-order valence-electron chi connectivity index (χ3n) is 5.07. The lowest BCUT2D eigenvalue weighted by molar-refractivity contribution is -0.689. The number of β-lactam (4-membered cyclic amide) rings is 1. The van der Waals surface area contributed by atoms with E-state index in [1.165, 1.54) is 16.7 Å². The van der Waals surface area contributed by atoms with Crippen LogP contribution in [0.25, 0.3) is 0 Å². The van der Waals surface area contributed by atoms with Crippen molar-refractivity contribution in [2.75, 3.05) is 18.1 Å². The molecule has 2 atom stereocenters. The van der Waals surface area contributed by atoms with E-state index in [2.05, 4.69) is 19.8 Å². The molecular formula is C20H22N7O5S2+. The van der Waals surface area contributed by atoms with Gasteiger partial charge in [-0.15, -0.1) is 11.8 Å². The number of oxime groups is 1. The second-order valence-electron chi connectivity index (χ2n) is 7.49. The van der Waals surface area contributed by atoms with Crippen molar-refractivity contribution in [2.24, 2.45) is 5.16 Å². The van der Waals surface area contributed by atoms with Crippen LogP contribution in [0.2, 0.25) is 0 Å². The Labute approximate surface area is 202 Å². The summed E-state index contributed by atoms with van der Waals surface area (Å²) in [5, 5.41) is 15.8. The molecule has 1 unspecified atom stereocenters. The average Bonchev–Trinajstić information content (AvgIpc) is 3.23. The van der Waals surface area contributed by atoms with Gasteiger partial charge in [0.25, 0.3) is 11.8 Å². The summed E-state index contributed by atoms with van der Waals surface area (Å²) >= 11 is 2.28. The maximum absolute atomic E-state index is 12.9. The Morgan fingerprint density at radius 1 is 1.47 bits per heavy atom. The SMILES string of the molecule is CCON=C(C(=O)NC1C(=O)N2C(C(=O)O)=C(C[n+]3cccc(C)c3)CS[C@@H]12)c1nsc(N)n1. The molecule has 0 radical (unpaired) electrons. The van der Waals surface area contributed by atoms with E-state index in [-0.39, 0.29) is 29.0 Å². The van der Waals surface area contributed by atoms with Crippen molar-refractivity contribution in [2.45, 2.75) is 31.8 Å². The Bertz CT molecular complexity index is 1210. The molecule has 1 saturated heterocycles. The number of nitrogens with zero attached hydrogens (tertiary/aromatic N) is 5. The van der Waals surface area contributed by atoms with Crippen LogP contribution in [-0.4, -0.2) is 66.6 Å². The zero-order chi connectivity index (χ0) is 24.4. The van der Waals surface area contributed by atoms with Crippen LogP contribution in [0.1, 0.15) is 18.3 Å². The van der Waals surface area contributed by atoms with Crippen LogP contribution in [0.15, 0.2) is 41.0 Å². The van der Waals surface area contributed by atoms with Crippen LogP contribution in [0, 0.1) is 6.92 Å². The first-order chi connectivity index (χ1) is 16.3. The van der Waals surface area contributed by atoms with Crippen molar-refractivity contribution in [1.82, 2.24) is 19.6 Å². The predicted octanol–water partition coefficient (Wildman–Crippen LogP) is -0.104. The summed E-state index contributed by atoms with van der Waals surface area (Å²) in [5.74, 6) is -2.04. The average molecular weight is 505 g/mol. The summed E-state index contributed by atoms with van der Waals surface area (Å²) in [7, 11) is 0. The van der Waals surface area contributed by atoms with E-state index >= 15 is 0 Å². The van der Waals surface area contributed by atoms with Crippen LogP contribution in [0.3, 0.4) is 0 Å². The van der Waals surface area contributed by atoms with Crippen LogP contribution in [-0.2, 0) is 25.8 Å². The standard InChI is InChI=1S/C20H21N7O5S2/c1-3-32-24-12(15-23-20(21)34-25-15)16(28)22-13-17(29)27-14(19(30)31)11(9-33-18(13)27)8-26-6-4-5-10(2)7-26/h4-7,13,18H,3,8-9H2,1-2H3,(H3-,21,22,23,25,28,30,31)/p+1/t13?,18-/m0/s1. The monoisotopic (exact) mass is 504 g/mol. The molecule has 0 aromatic carbocycles. The van der Waals surface area contributed by atoms with Crippen LogP contribution >= 0.6 is 23.3 Å². The molecule has 2 amide bonds. The minimum Gasteiger partial charge on any atom is -0.477 e. The van der Waals surface area contributed by atoms with Gasteiger partial charge in [-0.25, -0.2) is 9.36 Å². The number of hydrogen-bond acceptors (Lipinski definition) is 10. The van der Waals surface area contributed by atoms with Crippen molar-refractivity contribution in [1.29, 1.82) is 0 Å². The number of thioether (sulfide) groups is 1. The quantitative estimate of drug-likeness (QED) is 0.193. The number of hydrogen-bond donors (Lipinski definition) is 3. The lowest BCUT2D eigenvalue weighted by atomic mass is 10.0. The third-order valence-corrected chi connectivity index (χ3v) is 6.95. The molecule has 4 rings (SSSR count). The molecule has 2 aliphatic rings. The van der Waals surface area contributed by atoms with E-state index in [4.69, 9.17) is 10.6 Å². The molecule has 0 bridgehead atoms. The molecule has 12 nitrogen and oxygen atoms in total. The summed E-state index contributed by atoms with van der Waals surface area (Å²) in [6.07, 6.45) is 3.75. The first-order valence-electron chi connectivity index (χ1n) is 10.3. The topological polar surface area (TPSA) is 164 Å². The Morgan fingerprint density at radius 3 is 2.91 bits per heavy atom. The van der Waals surface area contributed by atoms with Crippen LogP contribution in [0.5, 0.6) is 0 Å². The number of fused-ring (bicyclic) bond motifs is 1. The second-order valence-corrected chi connectivity index (χ2v) is 9.37. The van der Waals surface area contributed by atoms with Gasteiger partial charge in [-0.3, -0.25) is 14.5 Å². The van der Waals surface area contributed by atoms with Gasteiger partial charge in [-0.05, 0) is 19.9 Å². The highest BCUT2D eigenvalue weighted by molar-refractivity contribution is 8.00. The Hall–Kier alpha value is -3.52. The maximum Gasteiger partial charge on any atom is 0.352 e. The highest BCUT2D eigenvalue weighted by Gasteiger charge is 2.54. The Kier molecular flexibility index (Phi) is 6.79. The number of amides is 2. The zero-order valence-corrected chi connectivity index (χ0v) is 19.9. The molecule has 1 fully saturated rings. The molecular weight excluding hydrogens is 482 g/mol. The first kappa shape index (κ1) is 23.6. The van der Waals surface area contributed by atoms with Gasteiger partial charge in [0.05, 0.1) is 0 Å². The molecule has 2 aromatic rings. The fraction of sp³-hybridized carbons (Fsp3) is 0.350. The van der Waals surface area contributed by atoms with E-state index in [9.17, 15) is 19.5 Å². The van der Waals surface area contributed by atoms with E-state index in [1.54, 1.807) is 6.92 Å². The van der Waals surface area contributed by atoms with Gasteiger partial charge in [0.2, 0.25) is 11.5 Å². The molecule has 2 aliphatic heterocycles. The van der Waals surface area contributed by atoms with Gasteiger partial charge in [-0.1, -0.05) is 5.16 Å². The number of carbonyl (C=O) groups excluding carboxylic acids is 2. The van der Waals surface area contributed by atoms with Crippen LogP contribution in [0.4, 0.5) is 5.13 Å². The molecule has 0 aliphatic carbocycles. The number of aryl methyl sites for hydroxylation is 1. The minimum atomic E-state index is -1.19. The second kappa shape index (κ2) is 9.77. The van der Waals surface area contributed by atoms with Gasteiger partial charge < -0.3 is 21.0 Å². The van der Waals surface area contributed by atoms with Gasteiger partial charge in [0.1, 0.15) is 23.7 Å². The van der Waals surface area contributed by atoms with Crippen molar-refractivity contribution < 1.29 is 28.9 Å². The largest absolute Gasteiger partial charge is 0.477 e. The summed E-state index contributed by atoms with van der Waals surface area (Å²) in [5.41, 5.74) is 6.98. The van der Waals surface area contributed by atoms with Crippen molar-refractivity contribution in [3.05, 3.63) is 47.2 Å². The number of aromatic nitrogens is 3. The number of pyridine rings is 1. The van der Waals surface area contributed by atoms with Crippen LogP contribution < -0.4 is 15.6 Å². The predicted molar refractivity (Wildman–Crippen MR) is 124 cm³/mol. The molecule has 34 heavy (non-hydrogen) atoms. The van der Waals surface area contributed by atoms with E-state index < -0.39 is 29.2 Å². The smallest absolute Gasteiger partial charge is 0.352 e. The maximum atomic E-state index is 12.9.